The van der Waals surface area contributed by atoms with E-state index in [1.807, 2.05) is 0 Å². The third-order valence-corrected chi connectivity index (χ3v) is 12.1. The maximum absolute atomic E-state index is 3.61. The number of benzene rings is 5. The third kappa shape index (κ3) is 7.52. The van der Waals surface area contributed by atoms with E-state index in [-0.39, 0.29) is 0 Å². The molecule has 0 aromatic heterocycles. The first kappa shape index (κ1) is 30.9. The lowest BCUT2D eigenvalue weighted by molar-refractivity contribution is 0.601. The van der Waals surface area contributed by atoms with Crippen LogP contribution in [0, 0.1) is 0 Å². The Morgan fingerprint density at radius 2 is 0.952 bits per heavy atom. The van der Waals surface area contributed by atoms with E-state index in [0.29, 0.717) is 5.92 Å². The molecule has 1 aliphatic rings. The first-order chi connectivity index (χ1) is 20.7. The van der Waals surface area contributed by atoms with E-state index in [9.17, 15) is 0 Å². The molecule has 0 N–H and O–H groups in total. The van der Waals surface area contributed by atoms with E-state index in [1.54, 1.807) is 11.1 Å². The van der Waals surface area contributed by atoms with Gasteiger partial charge in [0.1, 0.15) is 15.9 Å². The largest absolute Gasteiger partial charge is 0.102 e. The highest BCUT2D eigenvalue weighted by Gasteiger charge is 2.28. The molecule has 0 nitrogen and oxygen atoms in total. The summed E-state index contributed by atoms with van der Waals surface area (Å²) in [6.45, 7) is 2.28. The van der Waals surface area contributed by atoms with E-state index in [2.05, 4.69) is 166 Å². The normalized spacial score (nSPS) is 12.0. The Bertz CT molecular complexity index is 1390. The lowest BCUT2D eigenvalue weighted by atomic mass is 9.90. The van der Waals surface area contributed by atoms with Crippen LogP contribution in [0.4, 0.5) is 0 Å². The van der Waals surface area contributed by atoms with Crippen LogP contribution < -0.4 is 15.9 Å². The molecule has 0 bridgehead atoms. The second-order valence-corrected chi connectivity index (χ2v) is 14.6. The fourth-order valence-electron chi connectivity index (χ4n) is 6.03. The predicted molar refractivity (Wildman–Crippen MR) is 194 cm³/mol. The first-order valence-electron chi connectivity index (χ1n) is 15.1. The van der Waals surface area contributed by atoms with Gasteiger partial charge in [-0.25, -0.2) is 0 Å². The fraction of sp³-hybridized carbons (Fsp3) is 0.231. The van der Waals surface area contributed by atoms with Crippen LogP contribution in [0.1, 0.15) is 67.2 Å². The quantitative estimate of drug-likeness (QED) is 0.0774. The van der Waals surface area contributed by atoms with Crippen molar-refractivity contribution in [3.63, 3.8) is 0 Å². The SMILES string of the molecule is CCCCCCC1c2cc(CBr)ccc2-c2ccc(CBr)cc21.c1ccc([PH+](c2ccccc2)c2ccccc2)cc1. The Morgan fingerprint density at radius 3 is 1.33 bits per heavy atom. The third-order valence-electron chi connectivity index (χ3n) is 8.12. The zero-order valence-corrected chi connectivity index (χ0v) is 28.6. The van der Waals surface area contributed by atoms with E-state index in [4.69, 9.17) is 0 Å². The number of hydrogen-bond donors (Lipinski definition) is 0. The molecule has 214 valence electrons. The molecular weight excluding hydrogens is 659 g/mol. The Kier molecular flexibility index (Phi) is 11.6. The van der Waals surface area contributed by atoms with Gasteiger partial charge in [-0.1, -0.05) is 155 Å². The molecule has 0 radical (unpaired) electrons. The molecule has 1 aliphatic carbocycles. The van der Waals surface area contributed by atoms with E-state index >= 15 is 0 Å². The van der Waals surface area contributed by atoms with Crippen LogP contribution in [0.2, 0.25) is 0 Å². The van der Waals surface area contributed by atoms with Gasteiger partial charge < -0.3 is 0 Å². The number of fused-ring (bicyclic) bond motifs is 3. The van der Waals surface area contributed by atoms with E-state index in [1.165, 1.54) is 70.3 Å². The van der Waals surface area contributed by atoms with Gasteiger partial charge >= 0.3 is 0 Å². The Labute approximate surface area is 270 Å². The summed E-state index contributed by atoms with van der Waals surface area (Å²) in [7, 11) is -0.877. The van der Waals surface area contributed by atoms with E-state index in [0.717, 1.165) is 10.7 Å². The van der Waals surface area contributed by atoms with Gasteiger partial charge in [0.05, 0.1) is 7.92 Å². The summed E-state index contributed by atoms with van der Waals surface area (Å²) in [5, 5.41) is 6.18. The summed E-state index contributed by atoms with van der Waals surface area (Å²) in [4.78, 5) is 0. The standard InChI is InChI=1S/C21H24Br2.C18H15P/c1-2-3-4-5-6-17-20-11-15(13-22)7-9-18(20)19-10-8-16(14-23)12-21(17)19;1-4-10-16(11-5-1)19(17-12-6-2-7-13-17)18-14-8-3-9-15-18/h7-12,17H,2-6,13-14H2,1H3;1-15H/p+1. The monoisotopic (exact) mass is 697 g/mol. The highest BCUT2D eigenvalue weighted by molar-refractivity contribution is 9.08. The van der Waals surface area contributed by atoms with Crippen LogP contribution in [-0.4, -0.2) is 0 Å². The number of alkyl halides is 2. The maximum Gasteiger partial charge on any atom is 0.102 e. The first-order valence-corrected chi connectivity index (χ1v) is 18.9. The van der Waals surface area contributed by atoms with Gasteiger partial charge in [0.2, 0.25) is 0 Å². The molecule has 0 heterocycles. The Balaban J connectivity index is 0.000000171. The van der Waals surface area contributed by atoms with Gasteiger partial charge in [0.15, 0.2) is 0 Å². The van der Waals surface area contributed by atoms with Gasteiger partial charge in [-0.3, -0.25) is 0 Å². The summed E-state index contributed by atoms with van der Waals surface area (Å²) in [6, 6.07) is 46.5. The van der Waals surface area contributed by atoms with Crippen molar-refractivity contribution in [2.45, 2.75) is 55.6 Å². The molecule has 0 aliphatic heterocycles. The molecule has 0 fully saturated rings. The Hall–Kier alpha value is -2.51. The molecular formula is C39H40Br2P+. The molecule has 3 heteroatoms. The highest BCUT2D eigenvalue weighted by atomic mass is 79.9. The fourth-order valence-corrected chi connectivity index (χ4v) is 9.30. The van der Waals surface area contributed by atoms with Crippen LogP contribution in [0.25, 0.3) is 11.1 Å². The molecule has 0 spiro atoms. The summed E-state index contributed by atoms with van der Waals surface area (Å²) < 4.78 is 0. The van der Waals surface area contributed by atoms with Crippen LogP contribution in [0.15, 0.2) is 127 Å². The summed E-state index contributed by atoms with van der Waals surface area (Å²) in [5.41, 5.74) is 8.75. The molecule has 6 rings (SSSR count). The van der Waals surface area contributed by atoms with Crippen molar-refractivity contribution < 1.29 is 0 Å². The van der Waals surface area contributed by atoms with Gasteiger partial charge in [-0.05, 0) is 76.2 Å². The van der Waals surface area contributed by atoms with Crippen LogP contribution in [0.3, 0.4) is 0 Å². The molecule has 0 saturated heterocycles. The molecule has 0 saturated carbocycles. The molecule has 5 aromatic rings. The number of hydrogen-bond acceptors (Lipinski definition) is 0. The van der Waals surface area contributed by atoms with Gasteiger partial charge in [-0.15, -0.1) is 0 Å². The Morgan fingerprint density at radius 1 is 0.524 bits per heavy atom. The second kappa shape index (κ2) is 15.8. The van der Waals surface area contributed by atoms with Crippen molar-refractivity contribution in [2.24, 2.45) is 0 Å². The average molecular weight is 700 g/mol. The van der Waals surface area contributed by atoms with Crippen molar-refractivity contribution in [1.82, 2.24) is 0 Å². The molecule has 0 unspecified atom stereocenters. The highest BCUT2D eigenvalue weighted by Crippen LogP contribution is 2.48. The summed E-state index contributed by atoms with van der Waals surface area (Å²) in [6.07, 6.45) is 6.62. The lowest BCUT2D eigenvalue weighted by Gasteiger charge is -2.15. The van der Waals surface area contributed by atoms with Crippen molar-refractivity contribution >= 4 is 55.7 Å². The average Bonchev–Trinajstić information content (AvgIpc) is 3.36. The van der Waals surface area contributed by atoms with Crippen molar-refractivity contribution in [1.29, 1.82) is 0 Å². The van der Waals surface area contributed by atoms with Crippen molar-refractivity contribution in [3.05, 3.63) is 150 Å². The molecule has 0 amide bonds. The predicted octanol–water partition coefficient (Wildman–Crippen LogP) is 10.7. The smallest absolute Gasteiger partial charge is 0.0876 e. The van der Waals surface area contributed by atoms with Gasteiger partial charge in [0.25, 0.3) is 0 Å². The maximum atomic E-state index is 3.61. The number of rotatable bonds is 10. The number of halogens is 2. The van der Waals surface area contributed by atoms with Crippen LogP contribution >= 0.6 is 39.8 Å². The van der Waals surface area contributed by atoms with Gasteiger partial charge in [-0.2, -0.15) is 0 Å². The zero-order chi connectivity index (χ0) is 29.1. The minimum atomic E-state index is -0.877. The molecule has 0 atom stereocenters. The topological polar surface area (TPSA) is 0 Å². The summed E-state index contributed by atoms with van der Waals surface area (Å²) >= 11 is 7.22. The molecule has 42 heavy (non-hydrogen) atoms. The van der Waals surface area contributed by atoms with Crippen molar-refractivity contribution in [2.75, 3.05) is 0 Å². The van der Waals surface area contributed by atoms with E-state index < -0.39 is 7.92 Å². The summed E-state index contributed by atoms with van der Waals surface area (Å²) in [5.74, 6) is 0.579. The minimum absolute atomic E-state index is 0.579. The lowest BCUT2D eigenvalue weighted by Crippen LogP contribution is -2.20. The van der Waals surface area contributed by atoms with Crippen LogP contribution in [-0.2, 0) is 10.7 Å². The second-order valence-electron chi connectivity index (χ2n) is 11.0. The van der Waals surface area contributed by atoms with Crippen LogP contribution in [0.5, 0.6) is 0 Å². The minimum Gasteiger partial charge on any atom is -0.0876 e. The zero-order valence-electron chi connectivity index (χ0n) is 24.4. The number of unbranched alkanes of at least 4 members (excludes halogenated alkanes) is 3. The van der Waals surface area contributed by atoms with Gasteiger partial charge in [0, 0.05) is 16.6 Å². The van der Waals surface area contributed by atoms with Crippen molar-refractivity contribution in [3.8, 4) is 11.1 Å². The molecule has 5 aromatic carbocycles.